The Labute approximate surface area is 100 Å². The van der Waals surface area contributed by atoms with Gasteiger partial charge in [0.25, 0.3) is 5.91 Å². The first-order chi connectivity index (χ1) is 8.02. The Morgan fingerprint density at radius 2 is 1.88 bits per heavy atom. The number of aryl methyl sites for hydroxylation is 1. The first-order valence-electron chi connectivity index (χ1n) is 5.40. The van der Waals surface area contributed by atoms with Crippen LogP contribution in [0, 0.1) is 6.92 Å². The number of nitrogen functional groups attached to an aromatic ring is 1. The predicted molar refractivity (Wildman–Crippen MR) is 66.6 cm³/mol. The third-order valence-corrected chi connectivity index (χ3v) is 2.35. The Balaban J connectivity index is 2.53. The van der Waals surface area contributed by atoms with E-state index >= 15 is 0 Å². The molecule has 0 aliphatic carbocycles. The van der Waals surface area contributed by atoms with Crippen LogP contribution >= 0.6 is 0 Å². The largest absolute Gasteiger partial charge is 0.398 e. The Morgan fingerprint density at radius 1 is 1.24 bits per heavy atom. The Kier molecular flexibility index (Phi) is 4.51. The predicted octanol–water partition coefficient (Wildman–Crippen LogP) is 0.443. The average molecular weight is 235 g/mol. The van der Waals surface area contributed by atoms with Crippen molar-refractivity contribution in [3.05, 3.63) is 29.3 Å². The number of nitrogens with one attached hydrogen (secondary N) is 2. The van der Waals surface area contributed by atoms with Crippen LogP contribution in [0.5, 0.6) is 0 Å². The Hall–Kier alpha value is -2.04. The highest BCUT2D eigenvalue weighted by atomic mass is 16.2. The van der Waals surface area contributed by atoms with Gasteiger partial charge in [-0.05, 0) is 18.6 Å². The molecule has 0 bridgehead atoms. The van der Waals surface area contributed by atoms with Gasteiger partial charge in [-0.2, -0.15) is 0 Å². The third kappa shape index (κ3) is 3.79. The molecule has 0 aliphatic heterocycles. The molecule has 1 aromatic rings. The van der Waals surface area contributed by atoms with Gasteiger partial charge in [-0.1, -0.05) is 12.1 Å². The second-order valence-corrected chi connectivity index (χ2v) is 3.78. The summed E-state index contributed by atoms with van der Waals surface area (Å²) in [6, 6.07) is 5.31. The van der Waals surface area contributed by atoms with Gasteiger partial charge in [-0.25, -0.2) is 0 Å². The summed E-state index contributed by atoms with van der Waals surface area (Å²) < 4.78 is 0. The maximum absolute atomic E-state index is 11.8. The number of carbonyl (C=O) groups is 2. The summed E-state index contributed by atoms with van der Waals surface area (Å²) in [6.45, 7) is 4.07. The fourth-order valence-corrected chi connectivity index (χ4v) is 1.39. The minimum absolute atomic E-state index is 0.116. The topological polar surface area (TPSA) is 84.2 Å². The highest BCUT2D eigenvalue weighted by molar-refractivity contribution is 5.99. The van der Waals surface area contributed by atoms with E-state index in [9.17, 15) is 9.59 Å². The molecule has 0 spiro atoms. The van der Waals surface area contributed by atoms with E-state index in [1.807, 2.05) is 13.0 Å². The zero-order valence-corrected chi connectivity index (χ0v) is 10.0. The van der Waals surface area contributed by atoms with E-state index in [1.165, 1.54) is 6.92 Å². The lowest BCUT2D eigenvalue weighted by Gasteiger charge is -2.09. The quantitative estimate of drug-likeness (QED) is 0.523. The van der Waals surface area contributed by atoms with Crippen molar-refractivity contribution >= 4 is 17.5 Å². The smallest absolute Gasteiger partial charge is 0.253 e. The Bertz CT molecular complexity index is 430. The van der Waals surface area contributed by atoms with Crippen LogP contribution < -0.4 is 16.4 Å². The molecule has 0 atom stereocenters. The lowest BCUT2D eigenvalue weighted by Crippen LogP contribution is -2.34. The molecule has 0 aliphatic rings. The SMILES string of the molecule is CC(=O)NCCNC(=O)c1cccc(C)c1N. The first-order valence-corrected chi connectivity index (χ1v) is 5.40. The van der Waals surface area contributed by atoms with Gasteiger partial charge in [0.1, 0.15) is 0 Å². The van der Waals surface area contributed by atoms with Crippen LogP contribution in [0.4, 0.5) is 5.69 Å². The molecule has 17 heavy (non-hydrogen) atoms. The normalized spacial score (nSPS) is 9.76. The van der Waals surface area contributed by atoms with Crippen molar-refractivity contribution in [2.75, 3.05) is 18.8 Å². The number of rotatable bonds is 4. The molecule has 0 fully saturated rings. The van der Waals surface area contributed by atoms with E-state index in [0.29, 0.717) is 24.3 Å². The molecule has 0 aromatic heterocycles. The molecule has 1 rings (SSSR count). The van der Waals surface area contributed by atoms with Gasteiger partial charge in [0, 0.05) is 25.7 Å². The van der Waals surface area contributed by atoms with Crippen molar-refractivity contribution in [3.8, 4) is 0 Å². The summed E-state index contributed by atoms with van der Waals surface area (Å²) in [4.78, 5) is 22.4. The second-order valence-electron chi connectivity index (χ2n) is 3.78. The molecule has 1 aromatic carbocycles. The van der Waals surface area contributed by atoms with Crippen molar-refractivity contribution in [3.63, 3.8) is 0 Å². The van der Waals surface area contributed by atoms with E-state index in [0.717, 1.165) is 5.56 Å². The molecule has 0 unspecified atom stereocenters. The van der Waals surface area contributed by atoms with Crippen LogP contribution in [0.25, 0.3) is 0 Å². The fraction of sp³-hybridized carbons (Fsp3) is 0.333. The van der Waals surface area contributed by atoms with Crippen LogP contribution in [-0.2, 0) is 4.79 Å². The van der Waals surface area contributed by atoms with E-state index < -0.39 is 0 Å². The molecule has 5 heteroatoms. The number of carbonyl (C=O) groups excluding carboxylic acids is 2. The Morgan fingerprint density at radius 3 is 2.53 bits per heavy atom. The van der Waals surface area contributed by atoms with Gasteiger partial charge in [0.15, 0.2) is 0 Å². The zero-order chi connectivity index (χ0) is 12.8. The lowest BCUT2D eigenvalue weighted by atomic mass is 10.1. The van der Waals surface area contributed by atoms with Crippen molar-refractivity contribution in [2.24, 2.45) is 0 Å². The maximum atomic E-state index is 11.8. The van der Waals surface area contributed by atoms with Gasteiger partial charge in [-0.3, -0.25) is 9.59 Å². The lowest BCUT2D eigenvalue weighted by molar-refractivity contribution is -0.118. The monoisotopic (exact) mass is 235 g/mol. The number of hydrogen-bond acceptors (Lipinski definition) is 3. The fourth-order valence-electron chi connectivity index (χ4n) is 1.39. The van der Waals surface area contributed by atoms with E-state index in [4.69, 9.17) is 5.73 Å². The van der Waals surface area contributed by atoms with Gasteiger partial charge in [-0.15, -0.1) is 0 Å². The number of hydrogen-bond donors (Lipinski definition) is 3. The summed E-state index contributed by atoms with van der Waals surface area (Å²) in [7, 11) is 0. The van der Waals surface area contributed by atoms with Gasteiger partial charge in [0.2, 0.25) is 5.91 Å². The minimum Gasteiger partial charge on any atom is -0.398 e. The number of para-hydroxylation sites is 1. The molecular formula is C12H17N3O2. The molecule has 0 heterocycles. The van der Waals surface area contributed by atoms with Crippen LogP contribution in [0.2, 0.25) is 0 Å². The summed E-state index contributed by atoms with van der Waals surface area (Å²) in [5, 5.41) is 5.28. The molecule has 92 valence electrons. The maximum Gasteiger partial charge on any atom is 0.253 e. The molecular weight excluding hydrogens is 218 g/mol. The molecule has 4 N–H and O–H groups in total. The van der Waals surface area contributed by atoms with Crippen molar-refractivity contribution in [1.82, 2.24) is 10.6 Å². The zero-order valence-electron chi connectivity index (χ0n) is 10.0. The minimum atomic E-state index is -0.225. The molecule has 0 radical (unpaired) electrons. The summed E-state index contributed by atoms with van der Waals surface area (Å²) in [5.41, 5.74) is 7.64. The molecule has 0 saturated heterocycles. The van der Waals surface area contributed by atoms with Crippen molar-refractivity contribution < 1.29 is 9.59 Å². The number of nitrogens with two attached hydrogens (primary N) is 1. The standard InChI is InChI=1S/C12H17N3O2/c1-8-4-3-5-10(11(8)13)12(17)15-7-6-14-9(2)16/h3-5H,6-7,13H2,1-2H3,(H,14,16)(H,15,17). The summed E-state index contributed by atoms with van der Waals surface area (Å²) in [6.07, 6.45) is 0. The van der Waals surface area contributed by atoms with Crippen molar-refractivity contribution in [1.29, 1.82) is 0 Å². The van der Waals surface area contributed by atoms with Crippen LogP contribution in [0.15, 0.2) is 18.2 Å². The number of amides is 2. The number of benzene rings is 1. The first kappa shape index (κ1) is 13.0. The van der Waals surface area contributed by atoms with Crippen LogP contribution in [-0.4, -0.2) is 24.9 Å². The van der Waals surface area contributed by atoms with Gasteiger partial charge < -0.3 is 16.4 Å². The average Bonchev–Trinajstić information content (AvgIpc) is 2.27. The second kappa shape index (κ2) is 5.89. The van der Waals surface area contributed by atoms with Crippen molar-refractivity contribution in [2.45, 2.75) is 13.8 Å². The highest BCUT2D eigenvalue weighted by Gasteiger charge is 2.09. The van der Waals surface area contributed by atoms with Gasteiger partial charge in [0.05, 0.1) is 5.56 Å². The van der Waals surface area contributed by atoms with Gasteiger partial charge >= 0.3 is 0 Å². The molecule has 2 amide bonds. The van der Waals surface area contributed by atoms with E-state index in [1.54, 1.807) is 12.1 Å². The van der Waals surface area contributed by atoms with E-state index in [-0.39, 0.29) is 11.8 Å². The third-order valence-electron chi connectivity index (χ3n) is 2.35. The van der Waals surface area contributed by atoms with E-state index in [2.05, 4.69) is 10.6 Å². The summed E-state index contributed by atoms with van der Waals surface area (Å²) >= 11 is 0. The highest BCUT2D eigenvalue weighted by Crippen LogP contribution is 2.15. The molecule has 5 nitrogen and oxygen atoms in total. The summed E-state index contributed by atoms with van der Waals surface area (Å²) in [5.74, 6) is -0.342. The van der Waals surface area contributed by atoms with Crippen LogP contribution in [0.3, 0.4) is 0 Å². The van der Waals surface area contributed by atoms with Crippen LogP contribution in [0.1, 0.15) is 22.8 Å². The number of anilines is 1. The molecule has 0 saturated carbocycles.